The summed E-state index contributed by atoms with van der Waals surface area (Å²) in [5.41, 5.74) is 0.0700. The van der Waals surface area contributed by atoms with Gasteiger partial charge in [0.2, 0.25) is 5.69 Å². The molecule has 1 heterocycles. The minimum absolute atomic E-state index is 0.198. The third kappa shape index (κ3) is 3.92. The van der Waals surface area contributed by atoms with Crippen molar-refractivity contribution >= 4 is 29.0 Å². The highest BCUT2D eigenvalue weighted by atomic mass is 32.2. The van der Waals surface area contributed by atoms with Crippen LogP contribution in [0.3, 0.4) is 0 Å². The van der Waals surface area contributed by atoms with E-state index in [0.29, 0.717) is 12.2 Å². The topological polar surface area (TPSA) is 90.1 Å². The Bertz CT molecular complexity index is 941. The van der Waals surface area contributed by atoms with Gasteiger partial charge in [-0.15, -0.1) is 0 Å². The molecule has 8 heteroatoms. The van der Waals surface area contributed by atoms with Gasteiger partial charge in [-0.3, -0.25) is 19.6 Å². The summed E-state index contributed by atoms with van der Waals surface area (Å²) < 4.78 is 1.37. The molecule has 3 aromatic rings. The molecular formula is C18H16N4O3S. The van der Waals surface area contributed by atoms with Crippen molar-refractivity contribution in [2.75, 3.05) is 5.32 Å². The van der Waals surface area contributed by atoms with Crippen molar-refractivity contribution in [3.63, 3.8) is 0 Å². The van der Waals surface area contributed by atoms with Crippen LogP contribution in [0.25, 0.3) is 0 Å². The first-order chi connectivity index (χ1) is 12.6. The summed E-state index contributed by atoms with van der Waals surface area (Å²) in [7, 11) is 0. The van der Waals surface area contributed by atoms with Gasteiger partial charge in [-0.25, -0.2) is 0 Å². The third-order valence-electron chi connectivity index (χ3n) is 3.58. The summed E-state index contributed by atoms with van der Waals surface area (Å²) in [4.78, 5) is 25.0. The maximum atomic E-state index is 12.6. The van der Waals surface area contributed by atoms with Gasteiger partial charge < -0.3 is 5.32 Å². The highest BCUT2D eigenvalue weighted by Gasteiger charge is 2.25. The van der Waals surface area contributed by atoms with E-state index in [1.807, 2.05) is 42.5 Å². The quantitative estimate of drug-likeness (QED) is 0.520. The normalized spacial score (nSPS) is 10.5. The van der Waals surface area contributed by atoms with Crippen molar-refractivity contribution in [3.05, 3.63) is 76.6 Å². The van der Waals surface area contributed by atoms with Crippen molar-refractivity contribution in [2.45, 2.75) is 23.3 Å². The van der Waals surface area contributed by atoms with Gasteiger partial charge in [-0.05, 0) is 31.2 Å². The number of nitrogens with one attached hydrogen (secondary N) is 1. The van der Waals surface area contributed by atoms with E-state index in [9.17, 15) is 14.9 Å². The first-order valence-electron chi connectivity index (χ1n) is 7.93. The highest BCUT2D eigenvalue weighted by molar-refractivity contribution is 7.99. The minimum Gasteiger partial charge on any atom is -0.319 e. The molecule has 0 aliphatic heterocycles. The van der Waals surface area contributed by atoms with Crippen LogP contribution in [-0.4, -0.2) is 20.6 Å². The predicted molar refractivity (Wildman–Crippen MR) is 99.5 cm³/mol. The average Bonchev–Trinajstić information content (AvgIpc) is 3.09. The summed E-state index contributed by atoms with van der Waals surface area (Å²) in [6.07, 6.45) is 1.26. The molecule has 7 nitrogen and oxygen atoms in total. The number of amides is 1. The second-order valence-corrected chi connectivity index (χ2v) is 6.46. The van der Waals surface area contributed by atoms with Crippen molar-refractivity contribution < 1.29 is 9.72 Å². The smallest absolute Gasteiger partial charge is 0.319 e. The Balaban J connectivity index is 1.87. The number of aryl methyl sites for hydroxylation is 1. The number of carbonyl (C=O) groups excluding carboxylic acids is 1. The zero-order valence-electron chi connectivity index (χ0n) is 14.0. The Kier molecular flexibility index (Phi) is 5.33. The molecule has 26 heavy (non-hydrogen) atoms. The predicted octanol–water partition coefficient (Wildman–Crippen LogP) is 4.21. The molecule has 0 unspecified atom stereocenters. The van der Waals surface area contributed by atoms with Crippen LogP contribution in [0.1, 0.15) is 17.4 Å². The first kappa shape index (κ1) is 17.7. The molecule has 0 saturated heterocycles. The number of aromatic nitrogens is 2. The SMILES string of the molecule is CCn1cc([N+](=O)[O-])c(C(=O)Nc2ccccc2Sc2ccccc2)n1. The van der Waals surface area contributed by atoms with E-state index in [1.165, 1.54) is 22.6 Å². The van der Waals surface area contributed by atoms with Gasteiger partial charge in [0, 0.05) is 16.3 Å². The number of nitrogens with zero attached hydrogens (tertiary/aromatic N) is 3. The maximum absolute atomic E-state index is 12.6. The van der Waals surface area contributed by atoms with Crippen molar-refractivity contribution in [2.24, 2.45) is 0 Å². The summed E-state index contributed by atoms with van der Waals surface area (Å²) in [6, 6.07) is 17.0. The molecule has 0 spiro atoms. The molecule has 0 aliphatic rings. The van der Waals surface area contributed by atoms with Gasteiger partial charge in [0.1, 0.15) is 6.20 Å². The number of para-hydroxylation sites is 1. The van der Waals surface area contributed by atoms with Gasteiger partial charge in [0.05, 0.1) is 10.6 Å². The number of carbonyl (C=O) groups is 1. The van der Waals surface area contributed by atoms with Crippen LogP contribution in [-0.2, 0) is 6.54 Å². The number of anilines is 1. The largest absolute Gasteiger partial charge is 0.320 e. The number of rotatable bonds is 6. The highest BCUT2D eigenvalue weighted by Crippen LogP contribution is 2.33. The third-order valence-corrected chi connectivity index (χ3v) is 4.67. The van der Waals surface area contributed by atoms with E-state index in [1.54, 1.807) is 19.1 Å². The molecule has 0 saturated carbocycles. The van der Waals surface area contributed by atoms with Crippen molar-refractivity contribution in [1.82, 2.24) is 9.78 Å². The standard InChI is InChI=1S/C18H16N4O3S/c1-2-21-12-15(22(24)25)17(20-21)18(23)19-14-10-6-7-11-16(14)26-13-8-4-3-5-9-13/h3-12H,2H2,1H3,(H,19,23). The fourth-order valence-corrected chi connectivity index (χ4v) is 3.25. The van der Waals surface area contributed by atoms with Crippen LogP contribution in [0.4, 0.5) is 11.4 Å². The summed E-state index contributed by atoms with van der Waals surface area (Å²) in [5, 5.41) is 17.9. The van der Waals surface area contributed by atoms with Gasteiger partial charge in [-0.1, -0.05) is 42.1 Å². The second-order valence-electron chi connectivity index (χ2n) is 5.34. The lowest BCUT2D eigenvalue weighted by molar-refractivity contribution is -0.385. The molecule has 1 amide bonds. The lowest BCUT2D eigenvalue weighted by Gasteiger charge is -2.09. The van der Waals surface area contributed by atoms with E-state index < -0.39 is 10.8 Å². The first-order valence-corrected chi connectivity index (χ1v) is 8.75. The van der Waals surface area contributed by atoms with E-state index in [4.69, 9.17) is 0 Å². The van der Waals surface area contributed by atoms with Crippen LogP contribution in [0.5, 0.6) is 0 Å². The molecule has 0 fully saturated rings. The number of hydrogen-bond donors (Lipinski definition) is 1. The van der Waals surface area contributed by atoms with E-state index in [-0.39, 0.29) is 11.4 Å². The summed E-state index contributed by atoms with van der Waals surface area (Å²) >= 11 is 1.50. The molecule has 2 aromatic carbocycles. The van der Waals surface area contributed by atoms with E-state index in [0.717, 1.165) is 9.79 Å². The van der Waals surface area contributed by atoms with Gasteiger partial charge in [0.25, 0.3) is 5.91 Å². The Morgan fingerprint density at radius 1 is 1.19 bits per heavy atom. The lowest BCUT2D eigenvalue weighted by atomic mass is 10.3. The monoisotopic (exact) mass is 368 g/mol. The molecule has 0 radical (unpaired) electrons. The van der Waals surface area contributed by atoms with E-state index in [2.05, 4.69) is 10.4 Å². The maximum Gasteiger partial charge on any atom is 0.320 e. The Hall–Kier alpha value is -3.13. The minimum atomic E-state index is -0.606. The molecule has 0 aliphatic carbocycles. The second kappa shape index (κ2) is 7.83. The van der Waals surface area contributed by atoms with Gasteiger partial charge in [0.15, 0.2) is 0 Å². The molecule has 1 aromatic heterocycles. The van der Waals surface area contributed by atoms with Crippen LogP contribution in [0.2, 0.25) is 0 Å². The number of benzene rings is 2. The number of hydrogen-bond acceptors (Lipinski definition) is 5. The average molecular weight is 368 g/mol. The molecule has 132 valence electrons. The van der Waals surface area contributed by atoms with Crippen LogP contribution < -0.4 is 5.32 Å². The van der Waals surface area contributed by atoms with Gasteiger partial charge >= 0.3 is 5.69 Å². The Morgan fingerprint density at radius 3 is 2.58 bits per heavy atom. The summed E-state index contributed by atoms with van der Waals surface area (Å²) in [6.45, 7) is 2.23. The Morgan fingerprint density at radius 2 is 1.88 bits per heavy atom. The molecule has 0 atom stereocenters. The zero-order valence-corrected chi connectivity index (χ0v) is 14.8. The molecular weight excluding hydrogens is 352 g/mol. The number of nitro groups is 1. The van der Waals surface area contributed by atoms with Gasteiger partial charge in [-0.2, -0.15) is 5.10 Å². The van der Waals surface area contributed by atoms with Crippen molar-refractivity contribution in [1.29, 1.82) is 0 Å². The lowest BCUT2D eigenvalue weighted by Crippen LogP contribution is -2.15. The van der Waals surface area contributed by atoms with Crippen LogP contribution >= 0.6 is 11.8 Å². The fourth-order valence-electron chi connectivity index (χ4n) is 2.32. The van der Waals surface area contributed by atoms with Crippen molar-refractivity contribution in [3.8, 4) is 0 Å². The van der Waals surface area contributed by atoms with Crippen LogP contribution in [0, 0.1) is 10.1 Å². The summed E-state index contributed by atoms with van der Waals surface area (Å²) in [5.74, 6) is -0.606. The molecule has 1 N–H and O–H groups in total. The molecule has 0 bridgehead atoms. The van der Waals surface area contributed by atoms with E-state index >= 15 is 0 Å². The van der Waals surface area contributed by atoms with Crippen LogP contribution in [0.15, 0.2) is 70.6 Å². The Labute approximate surface area is 154 Å². The zero-order chi connectivity index (χ0) is 18.5. The molecule has 3 rings (SSSR count). The fraction of sp³-hybridized carbons (Fsp3) is 0.111.